The van der Waals surface area contributed by atoms with Gasteiger partial charge in [-0.15, -0.1) is 11.3 Å². The lowest BCUT2D eigenvalue weighted by Gasteiger charge is -2.17. The van der Waals surface area contributed by atoms with E-state index in [2.05, 4.69) is 11.9 Å². The number of pyridine rings is 1. The minimum absolute atomic E-state index is 0.00181. The van der Waals surface area contributed by atoms with Crippen LogP contribution in [0.5, 0.6) is 0 Å². The molecule has 0 radical (unpaired) electrons. The molecule has 0 aromatic carbocycles. The number of hydrogen-bond donors (Lipinski definition) is 0. The van der Waals surface area contributed by atoms with Crippen molar-refractivity contribution in [2.24, 2.45) is 5.92 Å². The van der Waals surface area contributed by atoms with E-state index in [0.717, 1.165) is 35.0 Å². The third-order valence-electron chi connectivity index (χ3n) is 4.85. The van der Waals surface area contributed by atoms with Crippen LogP contribution in [-0.2, 0) is 24.2 Å². The number of carbonyl (C=O) groups excluding carboxylic acids is 1. The topological polar surface area (TPSA) is 64.8 Å². The van der Waals surface area contributed by atoms with Crippen molar-refractivity contribution in [3.63, 3.8) is 0 Å². The predicted octanol–water partition coefficient (Wildman–Crippen LogP) is 3.71. The highest BCUT2D eigenvalue weighted by atomic mass is 32.2. The van der Waals surface area contributed by atoms with Gasteiger partial charge in [-0.3, -0.25) is 19.1 Å². The zero-order chi connectivity index (χ0) is 19.0. The average Bonchev–Trinajstić information content (AvgIpc) is 3.00. The summed E-state index contributed by atoms with van der Waals surface area (Å²) >= 11 is 2.98. The van der Waals surface area contributed by atoms with Crippen molar-refractivity contribution in [1.82, 2.24) is 14.5 Å². The Hall–Kier alpha value is -1.99. The summed E-state index contributed by atoms with van der Waals surface area (Å²) in [4.78, 5) is 36.0. The van der Waals surface area contributed by atoms with Crippen molar-refractivity contribution in [3.8, 4) is 0 Å². The summed E-state index contributed by atoms with van der Waals surface area (Å²) in [6, 6.07) is 3.82. The van der Waals surface area contributed by atoms with Crippen molar-refractivity contribution < 1.29 is 4.79 Å². The van der Waals surface area contributed by atoms with Gasteiger partial charge in [0.15, 0.2) is 5.16 Å². The van der Waals surface area contributed by atoms with Crippen LogP contribution in [0.2, 0.25) is 0 Å². The lowest BCUT2D eigenvalue weighted by molar-refractivity contribution is -0.114. The second-order valence-electron chi connectivity index (χ2n) is 7.17. The van der Waals surface area contributed by atoms with Gasteiger partial charge in [-0.2, -0.15) is 0 Å². The molecule has 1 unspecified atom stereocenters. The van der Waals surface area contributed by atoms with Crippen LogP contribution in [0.4, 0.5) is 0 Å². The quantitative estimate of drug-likeness (QED) is 0.483. The molecule has 0 aliphatic heterocycles. The molecule has 1 aliphatic carbocycles. The van der Waals surface area contributed by atoms with E-state index in [4.69, 9.17) is 4.98 Å². The van der Waals surface area contributed by atoms with E-state index in [1.165, 1.54) is 22.2 Å². The number of Topliss-reactive ketones (excluding diaryl/α,β-unsaturated/α-hetero) is 1. The summed E-state index contributed by atoms with van der Waals surface area (Å²) < 4.78 is 1.71. The third kappa shape index (κ3) is 3.71. The molecule has 7 heteroatoms. The summed E-state index contributed by atoms with van der Waals surface area (Å²) in [6.45, 7) is 4.23. The molecule has 4 rings (SSSR count). The predicted molar refractivity (Wildman–Crippen MR) is 110 cm³/mol. The number of carbonyl (C=O) groups is 1. The van der Waals surface area contributed by atoms with E-state index in [0.29, 0.717) is 23.4 Å². The Labute approximate surface area is 165 Å². The molecule has 1 atom stereocenters. The third-order valence-corrected chi connectivity index (χ3v) is 7.12. The SMILES string of the molecule is CC(=O)CSc1nc2sc3c(c2c(=O)n1Cc1cccnc1)CCC(C)C3. The highest BCUT2D eigenvalue weighted by Crippen LogP contribution is 2.36. The molecule has 0 bridgehead atoms. The molecular formula is C20H21N3O2S2. The van der Waals surface area contributed by atoms with Crippen LogP contribution in [0.1, 0.15) is 36.3 Å². The molecule has 5 nitrogen and oxygen atoms in total. The second kappa shape index (κ2) is 7.56. The van der Waals surface area contributed by atoms with Crippen molar-refractivity contribution in [2.75, 3.05) is 5.75 Å². The summed E-state index contributed by atoms with van der Waals surface area (Å²) in [5.74, 6) is 1.03. The lowest BCUT2D eigenvalue weighted by atomic mass is 9.89. The highest BCUT2D eigenvalue weighted by molar-refractivity contribution is 7.99. The molecule has 3 heterocycles. The Morgan fingerprint density at radius 1 is 1.44 bits per heavy atom. The summed E-state index contributed by atoms with van der Waals surface area (Å²) in [6.07, 6.45) is 6.56. The molecule has 0 saturated heterocycles. The number of ketones is 1. The van der Waals surface area contributed by atoms with Gasteiger partial charge in [-0.25, -0.2) is 4.98 Å². The fraction of sp³-hybridized carbons (Fsp3) is 0.400. The largest absolute Gasteiger partial charge is 0.299 e. The fourth-order valence-corrected chi connectivity index (χ4v) is 5.72. The normalized spacial score (nSPS) is 16.4. The molecule has 0 spiro atoms. The van der Waals surface area contributed by atoms with Gasteiger partial charge in [0.25, 0.3) is 5.56 Å². The molecule has 0 N–H and O–H groups in total. The van der Waals surface area contributed by atoms with Crippen LogP contribution in [0.15, 0.2) is 34.5 Å². The van der Waals surface area contributed by atoms with Gasteiger partial charge in [0.1, 0.15) is 10.6 Å². The van der Waals surface area contributed by atoms with Crippen molar-refractivity contribution in [2.45, 2.75) is 44.8 Å². The van der Waals surface area contributed by atoms with E-state index in [-0.39, 0.29) is 11.3 Å². The second-order valence-corrected chi connectivity index (χ2v) is 9.20. The first-order chi connectivity index (χ1) is 13.0. The first-order valence-electron chi connectivity index (χ1n) is 9.09. The van der Waals surface area contributed by atoms with Crippen molar-refractivity contribution in [1.29, 1.82) is 0 Å². The maximum atomic E-state index is 13.4. The van der Waals surface area contributed by atoms with Gasteiger partial charge >= 0.3 is 0 Å². The first-order valence-corrected chi connectivity index (χ1v) is 10.9. The van der Waals surface area contributed by atoms with Gasteiger partial charge in [0, 0.05) is 17.3 Å². The highest BCUT2D eigenvalue weighted by Gasteiger charge is 2.24. The van der Waals surface area contributed by atoms with E-state index in [9.17, 15) is 9.59 Å². The van der Waals surface area contributed by atoms with Gasteiger partial charge in [-0.1, -0.05) is 24.8 Å². The smallest absolute Gasteiger partial charge is 0.263 e. The maximum absolute atomic E-state index is 13.4. The van der Waals surface area contributed by atoms with E-state index < -0.39 is 0 Å². The first kappa shape index (κ1) is 18.4. The maximum Gasteiger partial charge on any atom is 0.263 e. The van der Waals surface area contributed by atoms with Crippen LogP contribution >= 0.6 is 23.1 Å². The summed E-state index contributed by atoms with van der Waals surface area (Å²) in [5.41, 5.74) is 2.14. The number of fused-ring (bicyclic) bond motifs is 3. The van der Waals surface area contributed by atoms with Crippen molar-refractivity contribution >= 4 is 39.1 Å². The average molecular weight is 400 g/mol. The van der Waals surface area contributed by atoms with Gasteiger partial charge in [0.2, 0.25) is 0 Å². The van der Waals surface area contributed by atoms with Crippen LogP contribution in [-0.4, -0.2) is 26.1 Å². The fourth-order valence-electron chi connectivity index (χ4n) is 3.49. The molecule has 3 aromatic heterocycles. The number of aromatic nitrogens is 3. The molecule has 0 amide bonds. The van der Waals surface area contributed by atoms with Gasteiger partial charge in [-0.05, 0) is 49.3 Å². The number of thioether (sulfide) groups is 1. The Morgan fingerprint density at radius 2 is 2.30 bits per heavy atom. The van der Waals surface area contributed by atoms with Crippen molar-refractivity contribution in [3.05, 3.63) is 50.9 Å². The number of aryl methyl sites for hydroxylation is 1. The molecule has 0 saturated carbocycles. The number of thiophene rings is 1. The standard InChI is InChI=1S/C20H21N3O2S2/c1-12-5-6-15-16(8-12)27-18-17(15)19(25)23(10-14-4-3-7-21-9-14)20(22-18)26-11-13(2)24/h3-4,7,9,12H,5-6,8,10-11H2,1-2H3. The van der Waals surface area contributed by atoms with Crippen LogP contribution < -0.4 is 5.56 Å². The molecular weight excluding hydrogens is 378 g/mol. The number of hydrogen-bond acceptors (Lipinski definition) is 6. The van der Waals surface area contributed by atoms with E-state index in [1.807, 2.05) is 12.1 Å². The Morgan fingerprint density at radius 3 is 3.04 bits per heavy atom. The Kier molecular flexibility index (Phi) is 5.14. The van der Waals surface area contributed by atoms with Gasteiger partial charge < -0.3 is 0 Å². The van der Waals surface area contributed by atoms with Crippen LogP contribution in [0.25, 0.3) is 10.2 Å². The Balaban J connectivity index is 1.86. The van der Waals surface area contributed by atoms with Crippen LogP contribution in [0, 0.1) is 5.92 Å². The molecule has 3 aromatic rings. The molecule has 1 aliphatic rings. The summed E-state index contributed by atoms with van der Waals surface area (Å²) in [7, 11) is 0. The summed E-state index contributed by atoms with van der Waals surface area (Å²) in [5, 5.41) is 1.39. The lowest BCUT2D eigenvalue weighted by Crippen LogP contribution is -2.25. The van der Waals surface area contributed by atoms with Gasteiger partial charge in [0.05, 0.1) is 17.7 Å². The minimum atomic E-state index is 0.00181. The molecule has 27 heavy (non-hydrogen) atoms. The van der Waals surface area contributed by atoms with E-state index in [1.54, 1.807) is 35.2 Å². The zero-order valence-corrected chi connectivity index (χ0v) is 17.0. The molecule has 140 valence electrons. The molecule has 0 fully saturated rings. The minimum Gasteiger partial charge on any atom is -0.299 e. The van der Waals surface area contributed by atoms with Crippen LogP contribution in [0.3, 0.4) is 0 Å². The zero-order valence-electron chi connectivity index (χ0n) is 15.4. The number of rotatable bonds is 5. The Bertz CT molecular complexity index is 1060. The monoisotopic (exact) mass is 399 g/mol. The number of nitrogens with zero attached hydrogens (tertiary/aromatic N) is 3. The van der Waals surface area contributed by atoms with E-state index >= 15 is 0 Å².